The number of nitrogen functional groups attached to an aromatic ring is 2. The maximum absolute atomic E-state index is 13.5. The molecule has 6 heterocycles. The third-order valence-corrected chi connectivity index (χ3v) is 14.5. The van der Waals surface area contributed by atoms with E-state index in [0.29, 0.717) is 12.8 Å². The van der Waals surface area contributed by atoms with Crippen LogP contribution in [0.3, 0.4) is 0 Å². The molecular formula is C31H40N10O20P4. The molecular weight excluding hydrogens is 956 g/mol. The van der Waals surface area contributed by atoms with Crippen LogP contribution in [0.15, 0.2) is 65.6 Å². The van der Waals surface area contributed by atoms with E-state index in [1.54, 1.807) is 0 Å². The number of hydrogen-bond acceptors (Lipinski definition) is 23. The number of ether oxygens (including phenoxy) is 3. The summed E-state index contributed by atoms with van der Waals surface area (Å²) in [6.07, 6.45) is -4.98. The highest BCUT2D eigenvalue weighted by molar-refractivity contribution is 7.66. The molecule has 10 atom stereocenters. The minimum atomic E-state index is -5.93. The molecule has 0 bridgehead atoms. The van der Waals surface area contributed by atoms with Crippen LogP contribution in [-0.4, -0.2) is 120 Å². The minimum absolute atomic E-state index is 0.0320. The molecule has 0 radical (unpaired) electrons. The first kappa shape index (κ1) is 48.4. The Morgan fingerprint density at radius 3 is 2.18 bits per heavy atom. The Hall–Kier alpha value is -4.54. The van der Waals surface area contributed by atoms with E-state index in [1.165, 1.54) is 4.57 Å². The van der Waals surface area contributed by atoms with Gasteiger partial charge in [0.25, 0.3) is 5.56 Å². The summed E-state index contributed by atoms with van der Waals surface area (Å²) in [7, 11) is -21.4. The summed E-state index contributed by atoms with van der Waals surface area (Å²) >= 11 is 0. The van der Waals surface area contributed by atoms with E-state index >= 15 is 0 Å². The zero-order valence-corrected chi connectivity index (χ0v) is 36.9. The Bertz CT molecular complexity index is 2810. The quantitative estimate of drug-likeness (QED) is 0.0366. The molecule has 4 aromatic heterocycles. The largest absolute Gasteiger partial charge is 0.527 e. The van der Waals surface area contributed by atoms with E-state index in [2.05, 4.69) is 38.5 Å². The van der Waals surface area contributed by atoms with Crippen LogP contribution in [0.25, 0.3) is 22.3 Å². The van der Waals surface area contributed by atoms with Crippen molar-refractivity contribution in [1.82, 2.24) is 39.0 Å². The van der Waals surface area contributed by atoms with E-state index in [4.69, 9.17) is 43.8 Å². The van der Waals surface area contributed by atoms with Gasteiger partial charge in [0.15, 0.2) is 46.5 Å². The number of nitrogens with one attached hydrogen (secondary N) is 1. The lowest BCUT2D eigenvalue weighted by Crippen LogP contribution is -2.33. The summed E-state index contributed by atoms with van der Waals surface area (Å²) < 4.78 is 99.3. The molecule has 1 aromatic carbocycles. The number of phosphoric acid groups is 4. The number of aromatic amines is 1. The van der Waals surface area contributed by atoms with Gasteiger partial charge in [-0.1, -0.05) is 30.3 Å². The number of methoxy groups -OCH3 is 1. The summed E-state index contributed by atoms with van der Waals surface area (Å²) in [6.45, 7) is -2.65. The number of fused-ring (bicyclic) bond motifs is 2. The fraction of sp³-hybridized carbons (Fsp3) is 0.419. The Morgan fingerprint density at radius 2 is 1.48 bits per heavy atom. The van der Waals surface area contributed by atoms with Crippen LogP contribution in [-0.2, 0) is 65.6 Å². The van der Waals surface area contributed by atoms with Crippen LogP contribution in [0.1, 0.15) is 30.9 Å². The fourth-order valence-electron chi connectivity index (χ4n) is 6.51. The maximum atomic E-state index is 13.5. The van der Waals surface area contributed by atoms with Gasteiger partial charge in [0.05, 0.1) is 19.5 Å². The van der Waals surface area contributed by atoms with Gasteiger partial charge in [0.1, 0.15) is 43.1 Å². The molecule has 0 aliphatic carbocycles. The zero-order chi connectivity index (χ0) is 46.9. The Morgan fingerprint density at radius 1 is 0.800 bits per heavy atom. The predicted molar refractivity (Wildman–Crippen MR) is 216 cm³/mol. The molecule has 2 aliphatic heterocycles. The fourth-order valence-corrected chi connectivity index (χ4v) is 10.8. The number of rotatable bonds is 21. The second-order valence-corrected chi connectivity index (χ2v) is 19.8. The molecule has 10 unspecified atom stereocenters. The van der Waals surface area contributed by atoms with E-state index < -0.39 is 105 Å². The third-order valence-electron chi connectivity index (χ3n) is 9.38. The van der Waals surface area contributed by atoms with Crippen molar-refractivity contribution in [2.45, 2.75) is 56.1 Å². The van der Waals surface area contributed by atoms with Crippen LogP contribution in [0.5, 0.6) is 0 Å². The lowest BCUT2D eigenvalue weighted by Gasteiger charge is -2.22. The smallest absolute Gasteiger partial charge is 0.465 e. The number of nitrogens with two attached hydrogens (primary N) is 2. The molecule has 0 amide bonds. The van der Waals surface area contributed by atoms with Crippen molar-refractivity contribution in [3.05, 3.63) is 76.7 Å². The highest BCUT2D eigenvalue weighted by atomic mass is 31.3. The number of aliphatic hydroxyl groups is 2. The Labute approximate surface area is 364 Å². The average molecular weight is 997 g/mol. The molecule has 11 N–H and O–H groups in total. The van der Waals surface area contributed by atoms with E-state index in [9.17, 15) is 52.8 Å². The number of phosphoric ester groups is 3. The van der Waals surface area contributed by atoms with Gasteiger partial charge in [-0.15, -0.1) is 0 Å². The topological polar surface area (TPSA) is 432 Å². The standard InChI is InChI=1S/C31H40N10O20P4/c1-53-24-23(59-62(45,46)55-11-17-21(42)22(43)29(57-17)41-15-37-20-27(41)38-31(33)39-28(20)44)18(58-30(24)40-14-36-19-25(32)34-13-35-26(19)40)12-56-64(49,50)61-65(51,52)60-63(47,48)54-10-6-5-9-16-7-3-2-4-8-16/h2-4,7-8,13-15,17,21-22,24,29-30,42-43H,5-6,9-12H2,1H3,(H,45,46)(H,47,48)(H,49,50)(H,51,52)(H2,32,34,35)(H3,33,38,39,44). The van der Waals surface area contributed by atoms with Crippen molar-refractivity contribution in [2.24, 2.45) is 0 Å². The Balaban J connectivity index is 1.04. The molecule has 0 saturated carbocycles. The first-order chi connectivity index (χ1) is 30.7. The number of H-pyrrole nitrogens is 1. The number of aliphatic hydroxyl groups excluding tert-OH is 2. The van der Waals surface area contributed by atoms with Crippen molar-refractivity contribution in [3.8, 4) is 0 Å². The predicted octanol–water partition coefficient (Wildman–Crippen LogP) is 1.02. The molecule has 354 valence electrons. The van der Waals surface area contributed by atoms with Crippen LogP contribution >= 0.6 is 31.3 Å². The number of hydrogen-bond donors (Lipinski definition) is 9. The number of aryl methyl sites for hydroxylation is 1. The molecule has 0 spiro atoms. The molecule has 30 nitrogen and oxygen atoms in total. The molecule has 1 fully saturated rings. The maximum Gasteiger partial charge on any atom is 0.527 e. The minimum Gasteiger partial charge on any atom is -0.465 e. The van der Waals surface area contributed by atoms with Gasteiger partial charge in [0.2, 0.25) is 12.2 Å². The first-order valence-corrected chi connectivity index (χ1v) is 24.6. The van der Waals surface area contributed by atoms with E-state index in [0.717, 1.165) is 36.2 Å². The van der Waals surface area contributed by atoms with Gasteiger partial charge < -0.3 is 55.1 Å². The third kappa shape index (κ3) is 11.4. The van der Waals surface area contributed by atoms with E-state index in [1.807, 2.05) is 30.3 Å². The Kier molecular flexibility index (Phi) is 14.4. The number of unbranched alkanes of at least 4 members (excludes halogenated alkanes) is 1. The molecule has 2 aliphatic rings. The molecule has 34 heteroatoms. The monoisotopic (exact) mass is 996 g/mol. The van der Waals surface area contributed by atoms with Crippen molar-refractivity contribution in [3.63, 3.8) is 0 Å². The second-order valence-electron chi connectivity index (χ2n) is 13.8. The van der Waals surface area contributed by atoms with Gasteiger partial charge in [-0.3, -0.25) is 37.4 Å². The van der Waals surface area contributed by atoms with Crippen molar-refractivity contribution in [1.29, 1.82) is 0 Å². The van der Waals surface area contributed by atoms with Gasteiger partial charge >= 0.3 is 31.3 Å². The highest BCUT2D eigenvalue weighted by Gasteiger charge is 2.49. The summed E-state index contributed by atoms with van der Waals surface area (Å²) in [6, 6.07) is 9.24. The number of imidazole rings is 2. The van der Waals surface area contributed by atoms with Crippen molar-refractivity contribution < 1.29 is 89.0 Å². The van der Waals surface area contributed by atoms with Gasteiger partial charge in [0, 0.05) is 7.11 Å². The van der Waals surface area contributed by atoms with Crippen LogP contribution in [0.4, 0.5) is 11.8 Å². The normalized spacial score (nSPS) is 25.0. The first-order valence-electron chi connectivity index (χ1n) is 18.7. The summed E-state index contributed by atoms with van der Waals surface area (Å²) in [5.41, 5.74) is 11.6. The molecule has 7 rings (SSSR count). The molecule has 65 heavy (non-hydrogen) atoms. The summed E-state index contributed by atoms with van der Waals surface area (Å²) in [4.78, 5) is 76.0. The van der Waals surface area contributed by atoms with Gasteiger partial charge in [-0.25, -0.2) is 38.2 Å². The van der Waals surface area contributed by atoms with E-state index in [-0.39, 0.29) is 40.5 Å². The van der Waals surface area contributed by atoms with Crippen LogP contribution < -0.4 is 17.0 Å². The summed E-state index contributed by atoms with van der Waals surface area (Å²) in [5, 5.41) is 21.6. The zero-order valence-electron chi connectivity index (χ0n) is 33.3. The van der Waals surface area contributed by atoms with Gasteiger partial charge in [-0.2, -0.15) is 13.6 Å². The van der Waals surface area contributed by atoms with Crippen LogP contribution in [0.2, 0.25) is 0 Å². The van der Waals surface area contributed by atoms with Crippen LogP contribution in [0, 0.1) is 0 Å². The molecule has 5 aromatic rings. The van der Waals surface area contributed by atoms with Crippen molar-refractivity contribution in [2.75, 3.05) is 38.4 Å². The van der Waals surface area contributed by atoms with Gasteiger partial charge in [-0.05, 0) is 24.8 Å². The average Bonchev–Trinajstić information content (AvgIpc) is 4.00. The second kappa shape index (κ2) is 19.4. The summed E-state index contributed by atoms with van der Waals surface area (Å²) in [5.74, 6) is -1.81. The number of aromatic nitrogens is 8. The molecule has 1 saturated heterocycles. The van der Waals surface area contributed by atoms with Crippen molar-refractivity contribution >= 4 is 65.4 Å². The lowest BCUT2D eigenvalue weighted by atomic mass is 10.1. The highest BCUT2D eigenvalue weighted by Crippen LogP contribution is 2.68. The number of benzene rings is 1. The SMILES string of the molecule is COC1C(OP(=O)(O)OCC2OC(n3cnc4c(=O)[nH]c(N)nc43)C(O)C2O)=C(COP(=O)(O)OP(=O)(O)OP(=O)(O)OCCCCc2ccccc2)OC1n1cnc2c(N)ncnc21. The lowest BCUT2D eigenvalue weighted by molar-refractivity contribution is -0.0522. The number of anilines is 2. The number of nitrogens with zero attached hydrogens (tertiary/aromatic N) is 7.